The van der Waals surface area contributed by atoms with Crippen molar-refractivity contribution in [1.82, 2.24) is 5.32 Å². The summed E-state index contributed by atoms with van der Waals surface area (Å²) in [4.78, 5) is 0. The third kappa shape index (κ3) is 3.48. The minimum atomic E-state index is 0.486. The average Bonchev–Trinajstić information content (AvgIpc) is 2.83. The molecule has 0 saturated heterocycles. The minimum absolute atomic E-state index is 0.486. The smallest absolute Gasteiger partial charge is 0.109 e. The van der Waals surface area contributed by atoms with Crippen LogP contribution in [0.3, 0.4) is 0 Å². The molecule has 0 aromatic rings. The van der Waals surface area contributed by atoms with E-state index in [1.165, 1.54) is 37.9 Å². The zero-order valence-electron chi connectivity index (χ0n) is 11.4. The quantitative estimate of drug-likeness (QED) is 0.790. The maximum Gasteiger partial charge on any atom is 0.109 e. The maximum atomic E-state index is 5.80. The van der Waals surface area contributed by atoms with Gasteiger partial charge in [0.2, 0.25) is 0 Å². The standard InChI is InChI=1S/C15H27NO/c1-3-9-16-15(14-8-5-10-17-14)13-7-4-6-12(2)11-13/h8,12-13,15-16H,3-7,9-11H2,1-2H3. The molecule has 1 aliphatic carbocycles. The topological polar surface area (TPSA) is 21.3 Å². The number of hydrogen-bond acceptors (Lipinski definition) is 2. The SMILES string of the molecule is CCCNC(C1=CCCO1)C1CCCC(C)C1. The van der Waals surface area contributed by atoms with Crippen LogP contribution in [0.25, 0.3) is 0 Å². The number of ether oxygens (including phenoxy) is 1. The summed E-state index contributed by atoms with van der Waals surface area (Å²) in [7, 11) is 0. The Labute approximate surface area is 106 Å². The molecular formula is C15H27NO. The third-order valence-electron chi connectivity index (χ3n) is 4.10. The minimum Gasteiger partial charge on any atom is -0.496 e. The fraction of sp³-hybridized carbons (Fsp3) is 0.867. The van der Waals surface area contributed by atoms with E-state index in [0.29, 0.717) is 6.04 Å². The zero-order chi connectivity index (χ0) is 12.1. The largest absolute Gasteiger partial charge is 0.496 e. The van der Waals surface area contributed by atoms with Crippen molar-refractivity contribution in [2.24, 2.45) is 11.8 Å². The van der Waals surface area contributed by atoms with Gasteiger partial charge in [-0.25, -0.2) is 0 Å². The van der Waals surface area contributed by atoms with Gasteiger partial charge in [-0.1, -0.05) is 26.7 Å². The first kappa shape index (κ1) is 12.9. The van der Waals surface area contributed by atoms with Gasteiger partial charge in [0, 0.05) is 6.42 Å². The van der Waals surface area contributed by atoms with Crippen molar-refractivity contribution in [3.63, 3.8) is 0 Å². The molecule has 98 valence electrons. The molecule has 0 aromatic carbocycles. The summed E-state index contributed by atoms with van der Waals surface area (Å²) in [5.74, 6) is 2.91. The van der Waals surface area contributed by atoms with Gasteiger partial charge in [-0.15, -0.1) is 0 Å². The highest BCUT2D eigenvalue weighted by molar-refractivity contribution is 5.09. The summed E-state index contributed by atoms with van der Waals surface area (Å²) < 4.78 is 5.80. The molecule has 1 N–H and O–H groups in total. The predicted octanol–water partition coefficient (Wildman–Crippen LogP) is 3.49. The highest BCUT2D eigenvalue weighted by Gasteiger charge is 2.30. The van der Waals surface area contributed by atoms with Crippen molar-refractivity contribution in [3.8, 4) is 0 Å². The molecule has 2 aliphatic rings. The Hall–Kier alpha value is -0.500. The van der Waals surface area contributed by atoms with Crippen LogP contribution in [0, 0.1) is 11.8 Å². The van der Waals surface area contributed by atoms with Gasteiger partial charge in [0.15, 0.2) is 0 Å². The van der Waals surface area contributed by atoms with Crippen molar-refractivity contribution in [3.05, 3.63) is 11.8 Å². The normalized spacial score (nSPS) is 30.8. The van der Waals surface area contributed by atoms with E-state index < -0.39 is 0 Å². The second-order valence-corrected chi connectivity index (χ2v) is 5.71. The predicted molar refractivity (Wildman–Crippen MR) is 71.9 cm³/mol. The zero-order valence-corrected chi connectivity index (χ0v) is 11.4. The van der Waals surface area contributed by atoms with Crippen molar-refractivity contribution in [1.29, 1.82) is 0 Å². The molecule has 1 heterocycles. The van der Waals surface area contributed by atoms with E-state index in [9.17, 15) is 0 Å². The van der Waals surface area contributed by atoms with Crippen LogP contribution in [0.15, 0.2) is 11.8 Å². The molecule has 0 spiro atoms. The van der Waals surface area contributed by atoms with Gasteiger partial charge in [0.1, 0.15) is 5.76 Å². The Kier molecular flexibility index (Phi) is 4.90. The lowest BCUT2D eigenvalue weighted by Gasteiger charge is -2.34. The summed E-state index contributed by atoms with van der Waals surface area (Å²) in [6, 6.07) is 0.486. The first-order valence-electron chi connectivity index (χ1n) is 7.37. The molecule has 3 unspecified atom stereocenters. The van der Waals surface area contributed by atoms with E-state index >= 15 is 0 Å². The van der Waals surface area contributed by atoms with Crippen molar-refractivity contribution in [2.75, 3.05) is 13.2 Å². The van der Waals surface area contributed by atoms with E-state index in [-0.39, 0.29) is 0 Å². The van der Waals surface area contributed by atoms with E-state index in [2.05, 4.69) is 25.2 Å². The van der Waals surface area contributed by atoms with E-state index in [1.54, 1.807) is 0 Å². The Bertz CT molecular complexity index is 262. The van der Waals surface area contributed by atoms with E-state index in [4.69, 9.17) is 4.74 Å². The van der Waals surface area contributed by atoms with Crippen LogP contribution in [0.4, 0.5) is 0 Å². The molecule has 1 fully saturated rings. The fourth-order valence-electron chi connectivity index (χ4n) is 3.24. The van der Waals surface area contributed by atoms with Crippen LogP contribution in [0.1, 0.15) is 52.4 Å². The fourth-order valence-corrected chi connectivity index (χ4v) is 3.24. The first-order chi connectivity index (χ1) is 8.31. The number of hydrogen-bond donors (Lipinski definition) is 1. The van der Waals surface area contributed by atoms with Gasteiger partial charge >= 0.3 is 0 Å². The van der Waals surface area contributed by atoms with Gasteiger partial charge in [0.25, 0.3) is 0 Å². The summed E-state index contributed by atoms with van der Waals surface area (Å²) in [5, 5.41) is 3.71. The number of rotatable bonds is 5. The summed E-state index contributed by atoms with van der Waals surface area (Å²) in [6.07, 6.45) is 10.1. The molecule has 0 aromatic heterocycles. The Balaban J connectivity index is 1.97. The second kappa shape index (κ2) is 6.44. The molecule has 0 bridgehead atoms. The number of nitrogens with one attached hydrogen (secondary N) is 1. The molecule has 0 amide bonds. The average molecular weight is 237 g/mol. The monoisotopic (exact) mass is 237 g/mol. The summed E-state index contributed by atoms with van der Waals surface area (Å²) in [6.45, 7) is 6.63. The molecule has 2 heteroatoms. The van der Waals surface area contributed by atoms with Crippen LogP contribution in [0.2, 0.25) is 0 Å². The van der Waals surface area contributed by atoms with Gasteiger partial charge in [-0.05, 0) is 43.7 Å². The van der Waals surface area contributed by atoms with Crippen LogP contribution >= 0.6 is 0 Å². The maximum absolute atomic E-state index is 5.80. The lowest BCUT2D eigenvalue weighted by Crippen LogP contribution is -2.40. The van der Waals surface area contributed by atoms with Gasteiger partial charge in [0.05, 0.1) is 12.6 Å². The molecule has 1 aliphatic heterocycles. The van der Waals surface area contributed by atoms with Crippen molar-refractivity contribution in [2.45, 2.75) is 58.4 Å². The van der Waals surface area contributed by atoms with Gasteiger partial charge < -0.3 is 10.1 Å². The molecule has 0 radical (unpaired) electrons. The highest BCUT2D eigenvalue weighted by atomic mass is 16.5. The van der Waals surface area contributed by atoms with Crippen LogP contribution in [-0.4, -0.2) is 19.2 Å². The lowest BCUT2D eigenvalue weighted by molar-refractivity contribution is 0.162. The summed E-state index contributed by atoms with van der Waals surface area (Å²) >= 11 is 0. The Morgan fingerprint density at radius 3 is 3.00 bits per heavy atom. The second-order valence-electron chi connectivity index (χ2n) is 5.71. The van der Waals surface area contributed by atoms with Crippen LogP contribution in [-0.2, 0) is 4.74 Å². The molecule has 1 saturated carbocycles. The van der Waals surface area contributed by atoms with E-state index in [1.807, 2.05) is 0 Å². The van der Waals surface area contributed by atoms with Crippen LogP contribution in [0.5, 0.6) is 0 Å². The van der Waals surface area contributed by atoms with Gasteiger partial charge in [-0.3, -0.25) is 0 Å². The Morgan fingerprint density at radius 2 is 2.35 bits per heavy atom. The van der Waals surface area contributed by atoms with Crippen molar-refractivity contribution >= 4 is 0 Å². The molecule has 2 nitrogen and oxygen atoms in total. The summed E-state index contributed by atoms with van der Waals surface area (Å²) in [5.41, 5.74) is 0. The third-order valence-corrected chi connectivity index (χ3v) is 4.10. The van der Waals surface area contributed by atoms with Crippen LogP contribution < -0.4 is 5.32 Å². The first-order valence-corrected chi connectivity index (χ1v) is 7.37. The Morgan fingerprint density at radius 1 is 1.47 bits per heavy atom. The molecule has 17 heavy (non-hydrogen) atoms. The molecular weight excluding hydrogens is 210 g/mol. The molecule has 3 atom stereocenters. The highest BCUT2D eigenvalue weighted by Crippen LogP contribution is 2.34. The van der Waals surface area contributed by atoms with Crippen molar-refractivity contribution < 1.29 is 4.74 Å². The lowest BCUT2D eigenvalue weighted by atomic mass is 9.78. The van der Waals surface area contributed by atoms with Gasteiger partial charge in [-0.2, -0.15) is 0 Å². The van der Waals surface area contributed by atoms with E-state index in [0.717, 1.165) is 31.4 Å². The molecule has 2 rings (SSSR count).